The number of anilines is 1. The lowest BCUT2D eigenvalue weighted by Gasteiger charge is -2.34. The summed E-state index contributed by atoms with van der Waals surface area (Å²) in [5.41, 5.74) is 3.79. The zero-order chi connectivity index (χ0) is 26.9. The van der Waals surface area contributed by atoms with E-state index in [4.69, 9.17) is 4.74 Å². The first-order chi connectivity index (χ1) is 17.4. The largest absolute Gasteiger partial charge is 0.444 e. The van der Waals surface area contributed by atoms with Crippen LogP contribution in [0.1, 0.15) is 66.7 Å². The summed E-state index contributed by atoms with van der Waals surface area (Å²) in [6.07, 6.45) is 2.49. The van der Waals surface area contributed by atoms with Crippen LogP contribution in [0.25, 0.3) is 5.69 Å². The first-order valence-corrected chi connectivity index (χ1v) is 13.1. The highest BCUT2D eigenvalue weighted by Crippen LogP contribution is 2.33. The summed E-state index contributed by atoms with van der Waals surface area (Å²) in [6.45, 7) is 10.6. The van der Waals surface area contributed by atoms with Crippen LogP contribution in [0.2, 0.25) is 0 Å². The molecule has 1 N–H and O–H groups in total. The van der Waals surface area contributed by atoms with Gasteiger partial charge in [0, 0.05) is 23.5 Å². The number of carbonyl (C=O) groups is 2. The minimum absolute atomic E-state index is 0.0293. The van der Waals surface area contributed by atoms with E-state index in [0.717, 1.165) is 22.5 Å². The van der Waals surface area contributed by atoms with Crippen molar-refractivity contribution in [2.24, 2.45) is 0 Å². The normalized spacial score (nSPS) is 14.5. The second-order valence-corrected chi connectivity index (χ2v) is 11.4. The highest BCUT2D eigenvalue weighted by atomic mass is 79.9. The van der Waals surface area contributed by atoms with Crippen molar-refractivity contribution < 1.29 is 18.7 Å². The van der Waals surface area contributed by atoms with Gasteiger partial charge in [0.1, 0.15) is 11.4 Å². The molecule has 1 aliphatic heterocycles. The van der Waals surface area contributed by atoms with Crippen LogP contribution in [-0.4, -0.2) is 45.4 Å². The molecule has 1 aromatic heterocycles. The molecule has 37 heavy (non-hydrogen) atoms. The molecule has 7 nitrogen and oxygen atoms in total. The summed E-state index contributed by atoms with van der Waals surface area (Å²) < 4.78 is 22.4. The van der Waals surface area contributed by atoms with Crippen LogP contribution >= 0.6 is 15.9 Å². The molecule has 0 saturated carbocycles. The minimum atomic E-state index is -0.566. The van der Waals surface area contributed by atoms with E-state index in [2.05, 4.69) is 26.3 Å². The van der Waals surface area contributed by atoms with Crippen LogP contribution in [0.15, 0.2) is 47.1 Å². The van der Waals surface area contributed by atoms with Gasteiger partial charge >= 0.3 is 6.09 Å². The van der Waals surface area contributed by atoms with Crippen LogP contribution in [0.5, 0.6) is 0 Å². The maximum absolute atomic E-state index is 14.5. The summed E-state index contributed by atoms with van der Waals surface area (Å²) in [5, 5.41) is 7.28. The van der Waals surface area contributed by atoms with E-state index < -0.39 is 17.3 Å². The van der Waals surface area contributed by atoms with Crippen molar-refractivity contribution in [1.82, 2.24) is 14.7 Å². The number of aryl methyl sites for hydroxylation is 2. The van der Waals surface area contributed by atoms with E-state index in [1.807, 2.05) is 52.8 Å². The third kappa shape index (κ3) is 6.21. The van der Waals surface area contributed by atoms with E-state index in [-0.39, 0.29) is 17.7 Å². The minimum Gasteiger partial charge on any atom is -0.444 e. The van der Waals surface area contributed by atoms with Gasteiger partial charge in [0.25, 0.3) is 5.91 Å². The molecule has 0 atom stereocenters. The molecule has 2 amide bonds. The van der Waals surface area contributed by atoms with Crippen LogP contribution in [-0.2, 0) is 4.74 Å². The number of rotatable bonds is 4. The fourth-order valence-electron chi connectivity index (χ4n) is 4.43. The van der Waals surface area contributed by atoms with E-state index in [9.17, 15) is 14.0 Å². The Labute approximate surface area is 225 Å². The molecule has 0 radical (unpaired) electrons. The second-order valence-electron chi connectivity index (χ2n) is 10.4. The average molecular weight is 571 g/mol. The van der Waals surface area contributed by atoms with E-state index >= 15 is 0 Å². The van der Waals surface area contributed by atoms with Gasteiger partial charge in [0.2, 0.25) is 0 Å². The number of carbonyl (C=O) groups excluding carboxylic acids is 2. The summed E-state index contributed by atoms with van der Waals surface area (Å²) in [6, 6.07) is 10.5. The van der Waals surface area contributed by atoms with Crippen molar-refractivity contribution >= 4 is 33.6 Å². The molecule has 0 spiro atoms. The molecule has 0 unspecified atom stereocenters. The number of aromatic nitrogens is 2. The molecule has 2 heterocycles. The summed E-state index contributed by atoms with van der Waals surface area (Å²) in [5.74, 6) is -0.990. The number of benzene rings is 2. The molecule has 2 aromatic carbocycles. The number of nitrogens with one attached hydrogen (secondary N) is 1. The SMILES string of the molecule is Cc1ccc(-n2ncc(C(=O)Nc3ccc(Br)cc3F)c2C2CCN(C(=O)OC(C)(C)C)CC2)cc1C. The molecule has 196 valence electrons. The molecule has 1 aliphatic rings. The Morgan fingerprint density at radius 3 is 2.41 bits per heavy atom. The predicted octanol–water partition coefficient (Wildman–Crippen LogP) is 6.76. The number of amides is 2. The van der Waals surface area contributed by atoms with Crippen molar-refractivity contribution in [3.8, 4) is 5.69 Å². The zero-order valence-electron chi connectivity index (χ0n) is 21.8. The van der Waals surface area contributed by atoms with Crippen molar-refractivity contribution in [1.29, 1.82) is 0 Å². The number of hydrogen-bond donors (Lipinski definition) is 1. The molecule has 3 aromatic rings. The van der Waals surface area contributed by atoms with Crippen LogP contribution in [0.3, 0.4) is 0 Å². The quantitative estimate of drug-likeness (QED) is 0.376. The van der Waals surface area contributed by atoms with Gasteiger partial charge in [-0.05, 0) is 88.9 Å². The lowest BCUT2D eigenvalue weighted by molar-refractivity contribution is 0.0203. The number of nitrogens with zero attached hydrogens (tertiary/aromatic N) is 3. The van der Waals surface area contributed by atoms with Crippen LogP contribution in [0, 0.1) is 19.7 Å². The lowest BCUT2D eigenvalue weighted by Crippen LogP contribution is -2.41. The fraction of sp³-hybridized carbons (Fsp3) is 0.393. The highest BCUT2D eigenvalue weighted by Gasteiger charge is 2.32. The first kappa shape index (κ1) is 26.9. The average Bonchev–Trinajstić information content (AvgIpc) is 3.27. The Morgan fingerprint density at radius 2 is 1.78 bits per heavy atom. The van der Waals surface area contributed by atoms with Gasteiger partial charge in [0.05, 0.1) is 28.8 Å². The Bertz CT molecular complexity index is 1320. The third-order valence-electron chi connectivity index (χ3n) is 6.50. The molecule has 0 aliphatic carbocycles. The topological polar surface area (TPSA) is 76.5 Å². The number of ether oxygens (including phenoxy) is 1. The third-order valence-corrected chi connectivity index (χ3v) is 6.99. The van der Waals surface area contributed by atoms with Crippen LogP contribution < -0.4 is 5.32 Å². The van der Waals surface area contributed by atoms with Crippen molar-refractivity contribution in [3.63, 3.8) is 0 Å². The van der Waals surface area contributed by atoms with Crippen molar-refractivity contribution in [3.05, 3.63) is 75.3 Å². The fourth-order valence-corrected chi connectivity index (χ4v) is 4.76. The maximum atomic E-state index is 14.5. The second kappa shape index (κ2) is 10.7. The number of hydrogen-bond acceptors (Lipinski definition) is 4. The molecule has 1 saturated heterocycles. The maximum Gasteiger partial charge on any atom is 0.410 e. The number of piperidine rings is 1. The Morgan fingerprint density at radius 1 is 1.08 bits per heavy atom. The van der Waals surface area contributed by atoms with Crippen molar-refractivity contribution in [2.75, 3.05) is 18.4 Å². The molecule has 9 heteroatoms. The van der Waals surface area contributed by atoms with Crippen LogP contribution in [0.4, 0.5) is 14.9 Å². The molecular formula is C28H32BrFN4O3. The predicted molar refractivity (Wildman–Crippen MR) is 145 cm³/mol. The van der Waals surface area contributed by atoms with Gasteiger partial charge in [-0.1, -0.05) is 22.0 Å². The monoisotopic (exact) mass is 570 g/mol. The van der Waals surface area contributed by atoms with Gasteiger partial charge in [-0.25, -0.2) is 13.9 Å². The van der Waals surface area contributed by atoms with E-state index in [1.54, 1.807) is 15.6 Å². The zero-order valence-corrected chi connectivity index (χ0v) is 23.4. The Balaban J connectivity index is 1.65. The van der Waals surface area contributed by atoms with E-state index in [1.165, 1.54) is 18.3 Å². The van der Waals surface area contributed by atoms with Gasteiger partial charge < -0.3 is 15.0 Å². The van der Waals surface area contributed by atoms with E-state index in [0.29, 0.717) is 36.0 Å². The van der Waals surface area contributed by atoms with Gasteiger partial charge in [-0.15, -0.1) is 0 Å². The Hall–Kier alpha value is -3.20. The molecule has 1 fully saturated rings. The Kier molecular flexibility index (Phi) is 7.73. The number of halogens is 2. The molecule has 0 bridgehead atoms. The standard InChI is InChI=1S/C28H32BrFN4O3/c1-17-6-8-21(14-18(17)2)34-25(19-10-12-33(13-11-19)27(36)37-28(3,4)5)22(16-31-34)26(35)32-24-9-7-20(29)15-23(24)30/h6-9,14-16,19H,10-13H2,1-5H3,(H,32,35). The summed E-state index contributed by atoms with van der Waals surface area (Å²) >= 11 is 3.24. The smallest absolute Gasteiger partial charge is 0.410 e. The molecule has 4 rings (SSSR count). The van der Waals surface area contributed by atoms with Gasteiger partial charge in [-0.3, -0.25) is 4.79 Å². The van der Waals surface area contributed by atoms with Gasteiger partial charge in [0.15, 0.2) is 0 Å². The molecular weight excluding hydrogens is 539 g/mol. The summed E-state index contributed by atoms with van der Waals surface area (Å²) in [7, 11) is 0. The number of likely N-dealkylation sites (tertiary alicyclic amines) is 1. The lowest BCUT2D eigenvalue weighted by atomic mass is 9.90. The highest BCUT2D eigenvalue weighted by molar-refractivity contribution is 9.10. The first-order valence-electron chi connectivity index (χ1n) is 12.3. The van der Waals surface area contributed by atoms with Gasteiger partial charge in [-0.2, -0.15) is 5.10 Å². The van der Waals surface area contributed by atoms with Crippen molar-refractivity contribution in [2.45, 2.75) is 59.0 Å². The summed E-state index contributed by atoms with van der Waals surface area (Å²) in [4.78, 5) is 27.7.